The van der Waals surface area contributed by atoms with Gasteiger partial charge in [-0.2, -0.15) is 0 Å². The van der Waals surface area contributed by atoms with E-state index in [2.05, 4.69) is 5.32 Å². The average Bonchev–Trinajstić information content (AvgIpc) is 2.54. The van der Waals surface area contributed by atoms with Crippen molar-refractivity contribution in [3.05, 3.63) is 64.2 Å². The first kappa shape index (κ1) is 15.5. The molecular formula is C16H16N2O4. The van der Waals surface area contributed by atoms with Crippen molar-refractivity contribution >= 4 is 17.3 Å². The number of carbonyl (C=O) groups excluding carboxylic acids is 1. The van der Waals surface area contributed by atoms with E-state index in [9.17, 15) is 14.9 Å². The van der Waals surface area contributed by atoms with Gasteiger partial charge in [0, 0.05) is 17.3 Å². The van der Waals surface area contributed by atoms with Gasteiger partial charge in [0.15, 0.2) is 0 Å². The molecule has 0 aliphatic carbocycles. The molecule has 0 saturated carbocycles. The second-order valence-electron chi connectivity index (χ2n) is 4.76. The summed E-state index contributed by atoms with van der Waals surface area (Å²) in [5.41, 5.74) is 0.939. The molecule has 0 saturated heterocycles. The van der Waals surface area contributed by atoms with Crippen LogP contribution in [-0.4, -0.2) is 17.9 Å². The summed E-state index contributed by atoms with van der Waals surface area (Å²) in [5.74, 6) is -0.257. The SMILES string of the molecule is COc1ccc(NC(=O)C(C)c2ccccc2[N+](=O)[O-])cc1. The smallest absolute Gasteiger partial charge is 0.273 e. The van der Waals surface area contributed by atoms with Gasteiger partial charge >= 0.3 is 0 Å². The Labute approximate surface area is 127 Å². The van der Waals surface area contributed by atoms with E-state index in [-0.39, 0.29) is 11.6 Å². The van der Waals surface area contributed by atoms with E-state index in [1.807, 2.05) is 0 Å². The molecule has 0 spiro atoms. The highest BCUT2D eigenvalue weighted by molar-refractivity contribution is 5.96. The number of methoxy groups -OCH3 is 1. The number of nitro groups is 1. The third kappa shape index (κ3) is 3.41. The van der Waals surface area contributed by atoms with Crippen LogP contribution < -0.4 is 10.1 Å². The van der Waals surface area contributed by atoms with E-state index in [1.54, 1.807) is 56.5 Å². The lowest BCUT2D eigenvalue weighted by molar-refractivity contribution is -0.385. The van der Waals surface area contributed by atoms with E-state index >= 15 is 0 Å². The van der Waals surface area contributed by atoms with E-state index in [0.717, 1.165) is 0 Å². The first-order valence-corrected chi connectivity index (χ1v) is 6.71. The first-order valence-electron chi connectivity index (χ1n) is 6.71. The highest BCUT2D eigenvalue weighted by atomic mass is 16.6. The molecule has 1 N–H and O–H groups in total. The number of nitrogens with zero attached hydrogens (tertiary/aromatic N) is 1. The van der Waals surface area contributed by atoms with Crippen LogP contribution in [0.1, 0.15) is 18.4 Å². The van der Waals surface area contributed by atoms with Gasteiger partial charge in [0.2, 0.25) is 5.91 Å². The summed E-state index contributed by atoms with van der Waals surface area (Å²) in [7, 11) is 1.56. The lowest BCUT2D eigenvalue weighted by atomic mass is 9.98. The normalized spacial score (nSPS) is 11.5. The molecule has 0 fully saturated rings. The number of para-hydroxylation sites is 1. The monoisotopic (exact) mass is 300 g/mol. The fraction of sp³-hybridized carbons (Fsp3) is 0.188. The number of benzene rings is 2. The van der Waals surface area contributed by atoms with Crippen molar-refractivity contribution in [2.45, 2.75) is 12.8 Å². The largest absolute Gasteiger partial charge is 0.497 e. The fourth-order valence-corrected chi connectivity index (χ4v) is 2.09. The maximum absolute atomic E-state index is 12.3. The number of carbonyl (C=O) groups is 1. The predicted octanol–water partition coefficient (Wildman–Crippen LogP) is 3.35. The third-order valence-electron chi connectivity index (χ3n) is 3.35. The van der Waals surface area contributed by atoms with Crippen molar-refractivity contribution in [3.63, 3.8) is 0 Å². The summed E-state index contributed by atoms with van der Waals surface area (Å²) in [6.45, 7) is 1.64. The molecule has 114 valence electrons. The Kier molecular flexibility index (Phi) is 4.73. The highest BCUT2D eigenvalue weighted by Crippen LogP contribution is 2.27. The molecule has 2 rings (SSSR count). The lowest BCUT2D eigenvalue weighted by Crippen LogP contribution is -2.19. The van der Waals surface area contributed by atoms with Crippen molar-refractivity contribution in [1.29, 1.82) is 0 Å². The van der Waals surface area contributed by atoms with Crippen LogP contribution >= 0.6 is 0 Å². The van der Waals surface area contributed by atoms with Gasteiger partial charge in [-0.05, 0) is 31.2 Å². The summed E-state index contributed by atoms with van der Waals surface area (Å²) in [6.07, 6.45) is 0. The Morgan fingerprint density at radius 1 is 1.18 bits per heavy atom. The van der Waals surface area contributed by atoms with Gasteiger partial charge in [0.05, 0.1) is 18.0 Å². The highest BCUT2D eigenvalue weighted by Gasteiger charge is 2.23. The van der Waals surface area contributed by atoms with E-state index < -0.39 is 10.8 Å². The summed E-state index contributed by atoms with van der Waals surface area (Å²) in [6, 6.07) is 13.1. The van der Waals surface area contributed by atoms with Crippen LogP contribution in [0.3, 0.4) is 0 Å². The van der Waals surface area contributed by atoms with Crippen LogP contribution in [0.25, 0.3) is 0 Å². The molecule has 0 bridgehead atoms. The molecule has 6 nitrogen and oxygen atoms in total. The lowest BCUT2D eigenvalue weighted by Gasteiger charge is -2.13. The number of amides is 1. The average molecular weight is 300 g/mol. The summed E-state index contributed by atoms with van der Waals surface area (Å²) >= 11 is 0. The zero-order chi connectivity index (χ0) is 16.1. The number of rotatable bonds is 5. The van der Waals surface area contributed by atoms with Crippen LogP contribution in [0.5, 0.6) is 5.75 Å². The molecule has 1 atom stereocenters. The first-order chi connectivity index (χ1) is 10.5. The quantitative estimate of drug-likeness (QED) is 0.678. The van der Waals surface area contributed by atoms with Crippen LogP contribution in [0.2, 0.25) is 0 Å². The minimum atomic E-state index is -0.635. The molecule has 22 heavy (non-hydrogen) atoms. The van der Waals surface area contributed by atoms with Crippen molar-refractivity contribution in [1.82, 2.24) is 0 Å². The Morgan fingerprint density at radius 2 is 1.82 bits per heavy atom. The molecule has 1 unspecified atom stereocenters. The Hall–Kier alpha value is -2.89. The molecule has 6 heteroatoms. The van der Waals surface area contributed by atoms with Crippen molar-refractivity contribution in [2.75, 3.05) is 12.4 Å². The zero-order valence-electron chi connectivity index (χ0n) is 12.3. The van der Waals surface area contributed by atoms with Crippen LogP contribution in [0.4, 0.5) is 11.4 Å². The van der Waals surface area contributed by atoms with Crippen LogP contribution in [0.15, 0.2) is 48.5 Å². The van der Waals surface area contributed by atoms with Gasteiger partial charge in [-0.25, -0.2) is 0 Å². The van der Waals surface area contributed by atoms with Gasteiger partial charge in [-0.1, -0.05) is 18.2 Å². The minimum absolute atomic E-state index is 0.0557. The third-order valence-corrected chi connectivity index (χ3v) is 3.35. The maximum atomic E-state index is 12.3. The van der Waals surface area contributed by atoms with Crippen molar-refractivity contribution < 1.29 is 14.5 Å². The molecule has 0 heterocycles. The second-order valence-corrected chi connectivity index (χ2v) is 4.76. The summed E-state index contributed by atoms with van der Waals surface area (Å²) < 4.78 is 5.05. The zero-order valence-corrected chi connectivity index (χ0v) is 12.3. The molecular weight excluding hydrogens is 284 g/mol. The number of nitro benzene ring substituents is 1. The molecule has 0 aliphatic heterocycles. The predicted molar refractivity (Wildman–Crippen MR) is 83.1 cm³/mol. The van der Waals surface area contributed by atoms with E-state index in [1.165, 1.54) is 6.07 Å². The van der Waals surface area contributed by atoms with Gasteiger partial charge in [0.1, 0.15) is 5.75 Å². The number of ether oxygens (including phenoxy) is 1. The van der Waals surface area contributed by atoms with Gasteiger partial charge < -0.3 is 10.1 Å². The number of anilines is 1. The fourth-order valence-electron chi connectivity index (χ4n) is 2.09. The Morgan fingerprint density at radius 3 is 2.41 bits per heavy atom. The topological polar surface area (TPSA) is 81.5 Å². The van der Waals surface area contributed by atoms with Gasteiger partial charge in [-0.15, -0.1) is 0 Å². The van der Waals surface area contributed by atoms with E-state index in [0.29, 0.717) is 17.0 Å². The molecule has 0 aliphatic rings. The second kappa shape index (κ2) is 6.71. The number of nitrogens with one attached hydrogen (secondary N) is 1. The molecule has 2 aromatic rings. The molecule has 0 aromatic heterocycles. The molecule has 2 aromatic carbocycles. The molecule has 0 radical (unpaired) electrons. The standard InChI is InChI=1S/C16H16N2O4/c1-11(14-5-3-4-6-15(14)18(20)21)16(19)17-12-7-9-13(22-2)10-8-12/h3-11H,1-2H3,(H,17,19). The van der Waals surface area contributed by atoms with Gasteiger partial charge in [0.25, 0.3) is 5.69 Å². The number of hydrogen-bond donors (Lipinski definition) is 1. The summed E-state index contributed by atoms with van der Waals surface area (Å²) in [5, 5.41) is 13.8. The number of hydrogen-bond acceptors (Lipinski definition) is 4. The summed E-state index contributed by atoms with van der Waals surface area (Å²) in [4.78, 5) is 22.8. The van der Waals surface area contributed by atoms with Crippen molar-refractivity contribution in [2.24, 2.45) is 0 Å². The Bertz CT molecular complexity index is 683. The van der Waals surface area contributed by atoms with Crippen LogP contribution in [0, 0.1) is 10.1 Å². The molecule has 1 amide bonds. The van der Waals surface area contributed by atoms with Crippen LogP contribution in [-0.2, 0) is 4.79 Å². The minimum Gasteiger partial charge on any atom is -0.497 e. The van der Waals surface area contributed by atoms with Gasteiger partial charge in [-0.3, -0.25) is 14.9 Å². The maximum Gasteiger partial charge on any atom is 0.273 e. The van der Waals surface area contributed by atoms with Crippen molar-refractivity contribution in [3.8, 4) is 5.75 Å². The Balaban J connectivity index is 2.17. The van der Waals surface area contributed by atoms with E-state index in [4.69, 9.17) is 4.74 Å².